The predicted octanol–water partition coefficient (Wildman–Crippen LogP) is 3.61. The molecule has 0 bridgehead atoms. The molecule has 35 heavy (non-hydrogen) atoms. The molecular formula is C28H39N5O2. The van der Waals surface area contributed by atoms with Crippen molar-refractivity contribution in [1.29, 1.82) is 0 Å². The second-order valence-electron chi connectivity index (χ2n) is 9.43. The predicted molar refractivity (Wildman–Crippen MR) is 143 cm³/mol. The van der Waals surface area contributed by atoms with Crippen LogP contribution in [0.25, 0.3) is 0 Å². The van der Waals surface area contributed by atoms with Crippen LogP contribution in [0.15, 0.2) is 48.5 Å². The van der Waals surface area contributed by atoms with Crippen molar-refractivity contribution in [2.45, 2.75) is 51.5 Å². The van der Waals surface area contributed by atoms with E-state index in [1.54, 1.807) is 0 Å². The normalized spacial score (nSPS) is 21.8. The number of benzene rings is 2. The molecule has 3 N–H and O–H groups in total. The van der Waals surface area contributed by atoms with Gasteiger partial charge in [0.15, 0.2) is 0 Å². The Balaban J connectivity index is 0.00000141. The molecule has 3 fully saturated rings. The Morgan fingerprint density at radius 3 is 1.86 bits per heavy atom. The molecule has 0 saturated carbocycles. The van der Waals surface area contributed by atoms with Crippen molar-refractivity contribution in [2.75, 3.05) is 54.8 Å². The number of nitrogens with zero attached hydrogens (tertiary/aromatic N) is 3. The SMILES string of the molecule is CC.Nc1ccc(N2CCN(C3CCN(c4ccc(C5CCC(=O)NC5=O)cc4)CC3)CC2)cc1. The van der Waals surface area contributed by atoms with Gasteiger partial charge in [-0.15, -0.1) is 0 Å². The van der Waals surface area contributed by atoms with Gasteiger partial charge in [-0.2, -0.15) is 0 Å². The summed E-state index contributed by atoms with van der Waals surface area (Å²) in [5.74, 6) is -0.548. The molecule has 3 saturated heterocycles. The van der Waals surface area contributed by atoms with Gasteiger partial charge >= 0.3 is 0 Å². The van der Waals surface area contributed by atoms with E-state index in [1.165, 1.54) is 24.2 Å². The van der Waals surface area contributed by atoms with Crippen LogP contribution in [0.4, 0.5) is 17.1 Å². The molecule has 0 spiro atoms. The number of carbonyl (C=O) groups excluding carboxylic acids is 2. The van der Waals surface area contributed by atoms with E-state index in [0.717, 1.165) is 50.5 Å². The minimum absolute atomic E-state index is 0.164. The maximum Gasteiger partial charge on any atom is 0.234 e. The first-order valence-corrected chi connectivity index (χ1v) is 13.1. The zero-order chi connectivity index (χ0) is 24.8. The summed E-state index contributed by atoms with van der Waals surface area (Å²) in [4.78, 5) is 31.1. The fourth-order valence-corrected chi connectivity index (χ4v) is 5.45. The Kier molecular flexibility index (Phi) is 8.29. The van der Waals surface area contributed by atoms with Crippen LogP contribution in [0.5, 0.6) is 0 Å². The van der Waals surface area contributed by atoms with Gasteiger partial charge in [-0.25, -0.2) is 0 Å². The lowest BCUT2D eigenvalue weighted by Gasteiger charge is -2.44. The van der Waals surface area contributed by atoms with Gasteiger partial charge in [0.1, 0.15) is 0 Å². The van der Waals surface area contributed by atoms with E-state index in [4.69, 9.17) is 5.73 Å². The molecule has 3 aliphatic rings. The topological polar surface area (TPSA) is 81.9 Å². The fraction of sp³-hybridized carbons (Fsp3) is 0.500. The maximum atomic E-state index is 12.1. The van der Waals surface area contributed by atoms with Crippen LogP contribution in [-0.4, -0.2) is 62.0 Å². The molecule has 1 atom stereocenters. The highest BCUT2D eigenvalue weighted by atomic mass is 16.2. The van der Waals surface area contributed by atoms with Gasteiger partial charge in [-0.1, -0.05) is 26.0 Å². The van der Waals surface area contributed by atoms with E-state index in [-0.39, 0.29) is 17.7 Å². The minimum Gasteiger partial charge on any atom is -0.399 e. The number of nitrogen functional groups attached to an aromatic ring is 1. The van der Waals surface area contributed by atoms with E-state index in [2.05, 4.69) is 56.4 Å². The first kappa shape index (κ1) is 25.0. The molecule has 7 nitrogen and oxygen atoms in total. The van der Waals surface area contributed by atoms with Crippen LogP contribution in [0.1, 0.15) is 51.0 Å². The Bertz CT molecular complexity index is 975. The second-order valence-corrected chi connectivity index (χ2v) is 9.43. The lowest BCUT2D eigenvalue weighted by atomic mass is 9.90. The van der Waals surface area contributed by atoms with Crippen LogP contribution >= 0.6 is 0 Å². The average Bonchev–Trinajstić information content (AvgIpc) is 2.91. The summed E-state index contributed by atoms with van der Waals surface area (Å²) in [6, 6.07) is 17.2. The zero-order valence-electron chi connectivity index (χ0n) is 21.1. The van der Waals surface area contributed by atoms with Crippen molar-refractivity contribution >= 4 is 28.9 Å². The summed E-state index contributed by atoms with van der Waals surface area (Å²) in [6.07, 6.45) is 3.37. The van der Waals surface area contributed by atoms with E-state index in [1.807, 2.05) is 26.0 Å². The van der Waals surface area contributed by atoms with Gasteiger partial charge in [0.05, 0.1) is 5.92 Å². The van der Waals surface area contributed by atoms with Crippen LogP contribution in [-0.2, 0) is 9.59 Å². The Morgan fingerprint density at radius 1 is 0.743 bits per heavy atom. The smallest absolute Gasteiger partial charge is 0.234 e. The number of hydrogen-bond acceptors (Lipinski definition) is 6. The number of amides is 2. The van der Waals surface area contributed by atoms with Crippen LogP contribution in [0.2, 0.25) is 0 Å². The number of anilines is 3. The molecular weight excluding hydrogens is 438 g/mol. The molecule has 0 aromatic heterocycles. The van der Waals surface area contributed by atoms with Gasteiger partial charge in [-0.05, 0) is 61.2 Å². The second kappa shape index (κ2) is 11.6. The molecule has 1 unspecified atom stereocenters. The number of nitrogens with one attached hydrogen (secondary N) is 1. The van der Waals surface area contributed by atoms with E-state index >= 15 is 0 Å². The molecule has 188 valence electrons. The van der Waals surface area contributed by atoms with Crippen molar-refractivity contribution in [3.8, 4) is 0 Å². The van der Waals surface area contributed by atoms with E-state index in [9.17, 15) is 9.59 Å². The molecule has 2 amide bonds. The molecule has 2 aromatic rings. The number of nitrogens with two attached hydrogens (primary N) is 1. The van der Waals surface area contributed by atoms with Crippen molar-refractivity contribution in [3.05, 3.63) is 54.1 Å². The highest BCUT2D eigenvalue weighted by Gasteiger charge is 2.29. The van der Waals surface area contributed by atoms with Gasteiger partial charge in [0.25, 0.3) is 0 Å². The summed E-state index contributed by atoms with van der Waals surface area (Å²) < 4.78 is 0. The summed E-state index contributed by atoms with van der Waals surface area (Å²) in [7, 11) is 0. The third-order valence-corrected chi connectivity index (χ3v) is 7.45. The molecule has 3 heterocycles. The largest absolute Gasteiger partial charge is 0.399 e. The summed E-state index contributed by atoms with van der Waals surface area (Å²) in [6.45, 7) is 10.4. The monoisotopic (exact) mass is 477 g/mol. The first-order chi connectivity index (χ1) is 17.1. The Morgan fingerprint density at radius 2 is 1.29 bits per heavy atom. The van der Waals surface area contributed by atoms with Crippen molar-refractivity contribution in [2.24, 2.45) is 0 Å². The number of imide groups is 1. The third-order valence-electron chi connectivity index (χ3n) is 7.45. The molecule has 0 radical (unpaired) electrons. The molecule has 0 aliphatic carbocycles. The van der Waals surface area contributed by atoms with Crippen molar-refractivity contribution < 1.29 is 9.59 Å². The average molecular weight is 478 g/mol. The number of piperidine rings is 2. The van der Waals surface area contributed by atoms with Crippen molar-refractivity contribution in [3.63, 3.8) is 0 Å². The summed E-state index contributed by atoms with van der Waals surface area (Å²) in [5, 5.41) is 2.46. The van der Waals surface area contributed by atoms with Gasteiger partial charge in [0.2, 0.25) is 11.8 Å². The fourth-order valence-electron chi connectivity index (χ4n) is 5.45. The summed E-state index contributed by atoms with van der Waals surface area (Å²) >= 11 is 0. The molecule has 5 rings (SSSR count). The first-order valence-electron chi connectivity index (χ1n) is 13.1. The lowest BCUT2D eigenvalue weighted by Crippen LogP contribution is -2.53. The number of piperazine rings is 1. The van der Waals surface area contributed by atoms with Crippen LogP contribution in [0, 0.1) is 0 Å². The van der Waals surface area contributed by atoms with Gasteiger partial charge < -0.3 is 15.5 Å². The maximum absolute atomic E-state index is 12.1. The summed E-state index contributed by atoms with van der Waals surface area (Å²) in [5.41, 5.74) is 10.1. The van der Waals surface area contributed by atoms with Crippen molar-refractivity contribution in [1.82, 2.24) is 10.2 Å². The zero-order valence-corrected chi connectivity index (χ0v) is 21.1. The minimum atomic E-state index is -0.214. The quantitative estimate of drug-likeness (QED) is 0.517. The van der Waals surface area contributed by atoms with Crippen LogP contribution in [0.3, 0.4) is 0 Å². The standard InChI is InChI=1S/C26H33N5O2.C2H6/c27-20-3-7-22(8-4-20)30-15-17-31(18-16-30)23-11-13-29(14-12-23)21-5-1-19(2-6-21)24-9-10-25(32)28-26(24)33;1-2/h1-8,23-24H,9-18,27H2,(H,28,32,33);1-2H3. The molecule has 7 heteroatoms. The van der Waals surface area contributed by atoms with Gasteiger partial charge in [-0.3, -0.25) is 19.8 Å². The number of hydrogen-bond donors (Lipinski definition) is 2. The third kappa shape index (κ3) is 5.96. The Hall–Kier alpha value is -3.06. The highest BCUT2D eigenvalue weighted by molar-refractivity contribution is 6.00. The number of carbonyl (C=O) groups is 2. The molecule has 3 aliphatic heterocycles. The van der Waals surface area contributed by atoms with Crippen LogP contribution < -0.4 is 20.9 Å². The highest BCUT2D eigenvalue weighted by Crippen LogP contribution is 2.29. The van der Waals surface area contributed by atoms with Gasteiger partial charge in [0, 0.05) is 68.8 Å². The molecule has 2 aromatic carbocycles. The Labute approximate surface area is 209 Å². The lowest BCUT2D eigenvalue weighted by molar-refractivity contribution is -0.134. The number of rotatable bonds is 4. The van der Waals surface area contributed by atoms with E-state index in [0.29, 0.717) is 18.9 Å². The van der Waals surface area contributed by atoms with E-state index < -0.39 is 0 Å².